The molecule has 3 aromatic heterocycles. The van der Waals surface area contributed by atoms with E-state index in [2.05, 4.69) is 25.5 Å². The number of carbonyl (C=O) groups is 1. The maximum absolute atomic E-state index is 13.3. The molecule has 0 aliphatic carbocycles. The number of amides is 1. The molecule has 3 heterocycles. The number of anilines is 1. The lowest BCUT2D eigenvalue weighted by molar-refractivity contribution is 0.102. The van der Waals surface area contributed by atoms with Crippen LogP contribution in [-0.2, 0) is 0 Å². The van der Waals surface area contributed by atoms with E-state index in [1.54, 1.807) is 25.1 Å². The summed E-state index contributed by atoms with van der Waals surface area (Å²) in [5.41, 5.74) is 2.55. The molecule has 10 heteroatoms. The number of aryl methyl sites for hydroxylation is 1. The molecule has 4 rings (SSSR count). The van der Waals surface area contributed by atoms with Crippen LogP contribution < -0.4 is 5.32 Å². The summed E-state index contributed by atoms with van der Waals surface area (Å²) in [6.45, 7) is 1.75. The van der Waals surface area contributed by atoms with Crippen molar-refractivity contribution >= 4 is 34.8 Å². The Morgan fingerprint density at radius 2 is 1.80 bits per heavy atom. The lowest BCUT2D eigenvalue weighted by atomic mass is 10.0. The molecule has 0 aliphatic rings. The summed E-state index contributed by atoms with van der Waals surface area (Å²) >= 11 is 12.3. The van der Waals surface area contributed by atoms with Crippen LogP contribution in [0.5, 0.6) is 0 Å². The summed E-state index contributed by atoms with van der Waals surface area (Å²) < 4.78 is 13.3. The van der Waals surface area contributed by atoms with Crippen molar-refractivity contribution in [1.29, 1.82) is 0 Å². The topological polar surface area (TPSA) is 85.6 Å². The van der Waals surface area contributed by atoms with Gasteiger partial charge in [-0.05, 0) is 42.8 Å². The zero-order valence-corrected chi connectivity index (χ0v) is 17.0. The van der Waals surface area contributed by atoms with Crippen LogP contribution in [0.4, 0.5) is 10.1 Å². The van der Waals surface area contributed by atoms with E-state index in [-0.39, 0.29) is 15.7 Å². The summed E-state index contributed by atoms with van der Waals surface area (Å²) in [7, 11) is 0. The van der Waals surface area contributed by atoms with Crippen LogP contribution in [0.3, 0.4) is 0 Å². The van der Waals surface area contributed by atoms with Crippen molar-refractivity contribution < 1.29 is 9.18 Å². The maximum Gasteiger partial charge on any atom is 0.274 e. The Labute approximate surface area is 180 Å². The number of nitrogens with one attached hydrogen (secondary N) is 1. The number of pyridine rings is 2. The lowest BCUT2D eigenvalue weighted by Crippen LogP contribution is -2.16. The SMILES string of the molecule is Cc1cc(-c2ccc(F)cc2Cl)cnc1C(=O)Nc1cnc(-n2nccn2)c(Cl)c1. The first-order chi connectivity index (χ1) is 14.4. The third-order valence-electron chi connectivity index (χ3n) is 4.22. The molecule has 0 unspecified atom stereocenters. The zero-order chi connectivity index (χ0) is 21.3. The van der Waals surface area contributed by atoms with Crippen molar-refractivity contribution in [3.05, 3.63) is 82.2 Å². The zero-order valence-electron chi connectivity index (χ0n) is 15.5. The number of hydrogen-bond acceptors (Lipinski definition) is 5. The van der Waals surface area contributed by atoms with Gasteiger partial charge in [0.1, 0.15) is 11.5 Å². The Morgan fingerprint density at radius 3 is 2.47 bits per heavy atom. The molecule has 0 saturated heterocycles. The van der Waals surface area contributed by atoms with Gasteiger partial charge in [-0.3, -0.25) is 9.78 Å². The van der Waals surface area contributed by atoms with Crippen LogP contribution in [0, 0.1) is 12.7 Å². The predicted molar refractivity (Wildman–Crippen MR) is 111 cm³/mol. The fourth-order valence-electron chi connectivity index (χ4n) is 2.85. The Morgan fingerprint density at radius 1 is 1.03 bits per heavy atom. The van der Waals surface area contributed by atoms with Crippen LogP contribution >= 0.6 is 23.2 Å². The molecule has 1 N–H and O–H groups in total. The highest BCUT2D eigenvalue weighted by Gasteiger charge is 2.15. The van der Waals surface area contributed by atoms with E-state index in [0.29, 0.717) is 28.2 Å². The summed E-state index contributed by atoms with van der Waals surface area (Å²) in [6, 6.07) is 7.42. The van der Waals surface area contributed by atoms with Crippen LogP contribution in [0.1, 0.15) is 16.1 Å². The predicted octanol–water partition coefficient (Wildman–Crippen LogP) is 4.73. The van der Waals surface area contributed by atoms with Gasteiger partial charge >= 0.3 is 0 Å². The number of nitrogens with zero attached hydrogens (tertiary/aromatic N) is 5. The number of halogens is 3. The molecule has 30 heavy (non-hydrogen) atoms. The second kappa shape index (κ2) is 8.17. The molecular formula is C20H13Cl2FN6O. The monoisotopic (exact) mass is 442 g/mol. The lowest BCUT2D eigenvalue weighted by Gasteiger charge is -2.10. The minimum atomic E-state index is -0.425. The van der Waals surface area contributed by atoms with Gasteiger partial charge in [0, 0.05) is 17.3 Å². The van der Waals surface area contributed by atoms with Crippen LogP contribution in [0.2, 0.25) is 10.0 Å². The first kappa shape index (κ1) is 19.9. The fraction of sp³-hybridized carbons (Fsp3) is 0.0500. The molecule has 1 aromatic carbocycles. The Kier molecular flexibility index (Phi) is 5.43. The molecule has 0 radical (unpaired) electrons. The molecule has 4 aromatic rings. The largest absolute Gasteiger partial charge is 0.319 e. The van der Waals surface area contributed by atoms with Gasteiger partial charge in [0.15, 0.2) is 5.82 Å². The molecule has 0 aliphatic heterocycles. The highest BCUT2D eigenvalue weighted by atomic mass is 35.5. The molecular weight excluding hydrogens is 430 g/mol. The third kappa shape index (κ3) is 4.00. The number of rotatable bonds is 4. The second-order valence-corrected chi connectivity index (χ2v) is 7.13. The van der Waals surface area contributed by atoms with E-state index in [4.69, 9.17) is 23.2 Å². The van der Waals surface area contributed by atoms with Crippen LogP contribution in [0.25, 0.3) is 16.9 Å². The normalized spacial score (nSPS) is 10.8. The van der Waals surface area contributed by atoms with Gasteiger partial charge in [-0.1, -0.05) is 23.2 Å². The van der Waals surface area contributed by atoms with E-state index in [1.807, 2.05) is 0 Å². The van der Waals surface area contributed by atoms with Crippen LogP contribution in [-0.4, -0.2) is 30.9 Å². The van der Waals surface area contributed by atoms with Gasteiger partial charge < -0.3 is 5.32 Å². The molecule has 0 atom stereocenters. The summed E-state index contributed by atoms with van der Waals surface area (Å²) in [5, 5.41) is 11.2. The van der Waals surface area contributed by atoms with Gasteiger partial charge in [-0.25, -0.2) is 9.37 Å². The molecule has 0 bridgehead atoms. The molecule has 150 valence electrons. The van der Waals surface area contributed by atoms with Crippen molar-refractivity contribution in [1.82, 2.24) is 25.0 Å². The molecule has 0 fully saturated rings. The third-order valence-corrected chi connectivity index (χ3v) is 4.81. The Hall–Kier alpha value is -3.36. The number of carbonyl (C=O) groups excluding carboxylic acids is 1. The Balaban J connectivity index is 1.56. The average molecular weight is 443 g/mol. The fourth-order valence-corrected chi connectivity index (χ4v) is 3.36. The average Bonchev–Trinajstić information content (AvgIpc) is 3.22. The highest BCUT2D eigenvalue weighted by molar-refractivity contribution is 6.33. The first-order valence-corrected chi connectivity index (χ1v) is 9.43. The Bertz CT molecular complexity index is 1250. The van der Waals surface area contributed by atoms with Crippen molar-refractivity contribution in [3.63, 3.8) is 0 Å². The highest BCUT2D eigenvalue weighted by Crippen LogP contribution is 2.29. The van der Waals surface area contributed by atoms with Gasteiger partial charge in [0.05, 0.1) is 34.3 Å². The van der Waals surface area contributed by atoms with E-state index < -0.39 is 11.7 Å². The smallest absolute Gasteiger partial charge is 0.274 e. The minimum absolute atomic E-state index is 0.228. The van der Waals surface area contributed by atoms with Crippen molar-refractivity contribution in [2.24, 2.45) is 0 Å². The summed E-state index contributed by atoms with van der Waals surface area (Å²) in [4.78, 5) is 22.4. The van der Waals surface area contributed by atoms with E-state index >= 15 is 0 Å². The molecule has 0 saturated carbocycles. The quantitative estimate of drug-likeness (QED) is 0.493. The molecule has 7 nitrogen and oxygen atoms in total. The van der Waals surface area contributed by atoms with E-state index in [0.717, 1.165) is 0 Å². The van der Waals surface area contributed by atoms with Crippen molar-refractivity contribution in [3.8, 4) is 16.9 Å². The standard InChI is InChI=1S/C20H13Cl2FN6O/c1-11-6-12(15-3-2-13(23)7-16(15)21)9-24-18(11)20(30)28-14-8-17(22)19(25-10-14)29-26-4-5-27-29/h2-10H,1H3,(H,28,30). The van der Waals surface area contributed by atoms with Gasteiger partial charge in [0.2, 0.25) is 0 Å². The van der Waals surface area contributed by atoms with E-state index in [1.165, 1.54) is 41.7 Å². The van der Waals surface area contributed by atoms with Crippen molar-refractivity contribution in [2.75, 3.05) is 5.32 Å². The maximum atomic E-state index is 13.3. The van der Waals surface area contributed by atoms with Crippen LogP contribution in [0.15, 0.2) is 55.1 Å². The number of hydrogen-bond donors (Lipinski definition) is 1. The van der Waals surface area contributed by atoms with Gasteiger partial charge in [-0.2, -0.15) is 10.2 Å². The van der Waals surface area contributed by atoms with Gasteiger partial charge in [0.25, 0.3) is 5.91 Å². The molecule has 1 amide bonds. The summed E-state index contributed by atoms with van der Waals surface area (Å²) in [5.74, 6) is -0.507. The second-order valence-electron chi connectivity index (χ2n) is 6.32. The van der Waals surface area contributed by atoms with Crippen molar-refractivity contribution in [2.45, 2.75) is 6.92 Å². The molecule has 0 spiro atoms. The van der Waals surface area contributed by atoms with E-state index in [9.17, 15) is 9.18 Å². The summed E-state index contributed by atoms with van der Waals surface area (Å²) in [6.07, 6.45) is 5.97. The van der Waals surface area contributed by atoms with Gasteiger partial charge in [-0.15, -0.1) is 4.80 Å². The first-order valence-electron chi connectivity index (χ1n) is 8.68. The minimum Gasteiger partial charge on any atom is -0.319 e. The number of aromatic nitrogens is 5. The number of benzene rings is 1.